The minimum Gasteiger partial charge on any atom is -0.486 e. The third kappa shape index (κ3) is 7.02. The number of morpholine rings is 1. The fraction of sp³-hybridized carbons (Fsp3) is 0.684. The Labute approximate surface area is 157 Å². The van der Waals surface area contributed by atoms with Crippen LogP contribution in [0.1, 0.15) is 25.7 Å². The molecule has 6 heteroatoms. The fourth-order valence-corrected chi connectivity index (χ4v) is 3.08. The predicted molar refractivity (Wildman–Crippen MR) is 100 cm³/mol. The van der Waals surface area contributed by atoms with Crippen LogP contribution in [-0.4, -0.2) is 63.7 Å². The van der Waals surface area contributed by atoms with Gasteiger partial charge in [-0.25, -0.2) is 0 Å². The Morgan fingerprint density at radius 3 is 2.60 bits per heavy atom. The molecule has 0 N–H and O–H groups in total. The van der Waals surface area contributed by atoms with Crippen molar-refractivity contribution in [3.8, 4) is 11.5 Å². The molecule has 1 fully saturated rings. The number of halogens is 1. The second kappa shape index (κ2) is 11.6. The molecule has 1 atom stereocenters. The monoisotopic (exact) mass is 371 g/mol. The van der Waals surface area contributed by atoms with Crippen LogP contribution in [0.3, 0.4) is 0 Å². The first-order valence-corrected chi connectivity index (χ1v) is 9.18. The van der Waals surface area contributed by atoms with Crippen LogP contribution < -0.4 is 9.47 Å². The standard InChI is InChI=1S/C19H29NO4.ClH/c1(5-9-20-10-13-21-14-11-20)2-6-12-22-15-17-16-23-18-7-3-4-8-19(18)24-17;/h3-4,7-8,17H,1-2,5-6,9-16H2;1H. The molecule has 0 spiro atoms. The highest BCUT2D eigenvalue weighted by atomic mass is 35.5. The van der Waals surface area contributed by atoms with E-state index in [0.717, 1.165) is 50.8 Å². The second-order valence-electron chi connectivity index (χ2n) is 6.44. The number of fused-ring (bicyclic) bond motifs is 1. The number of rotatable bonds is 9. The first kappa shape index (κ1) is 20.3. The summed E-state index contributed by atoms with van der Waals surface area (Å²) in [5.41, 5.74) is 0. The molecule has 1 aromatic carbocycles. The topological polar surface area (TPSA) is 40.2 Å². The minimum absolute atomic E-state index is 0. The van der Waals surface area contributed by atoms with Gasteiger partial charge in [0.05, 0.1) is 19.8 Å². The molecule has 2 aliphatic heterocycles. The molecule has 0 amide bonds. The summed E-state index contributed by atoms with van der Waals surface area (Å²) in [5.74, 6) is 1.65. The van der Waals surface area contributed by atoms with Gasteiger partial charge in [-0.05, 0) is 31.5 Å². The Balaban J connectivity index is 0.00000225. The lowest BCUT2D eigenvalue weighted by Gasteiger charge is -2.26. The van der Waals surface area contributed by atoms with Crippen molar-refractivity contribution in [3.63, 3.8) is 0 Å². The summed E-state index contributed by atoms with van der Waals surface area (Å²) in [6.07, 6.45) is 4.90. The van der Waals surface area contributed by atoms with E-state index in [1.165, 1.54) is 25.8 Å². The highest BCUT2D eigenvalue weighted by Crippen LogP contribution is 2.30. The van der Waals surface area contributed by atoms with Crippen molar-refractivity contribution in [1.82, 2.24) is 4.90 Å². The van der Waals surface area contributed by atoms with Crippen LogP contribution in [0.2, 0.25) is 0 Å². The van der Waals surface area contributed by atoms with E-state index in [4.69, 9.17) is 18.9 Å². The Hall–Kier alpha value is -1.01. The number of unbranched alkanes of at least 4 members (excludes halogenated alkanes) is 3. The fourth-order valence-electron chi connectivity index (χ4n) is 3.08. The van der Waals surface area contributed by atoms with E-state index in [1.807, 2.05) is 24.3 Å². The molecule has 5 nitrogen and oxygen atoms in total. The molecule has 25 heavy (non-hydrogen) atoms. The maximum atomic E-state index is 5.88. The number of ether oxygens (including phenoxy) is 4. The average molecular weight is 372 g/mol. The predicted octanol–water partition coefficient (Wildman–Crippen LogP) is 3.16. The molecular weight excluding hydrogens is 342 g/mol. The van der Waals surface area contributed by atoms with E-state index in [0.29, 0.717) is 13.2 Å². The Kier molecular flexibility index (Phi) is 9.40. The molecule has 0 bridgehead atoms. The quantitative estimate of drug-likeness (QED) is 0.623. The molecule has 1 unspecified atom stereocenters. The first-order chi connectivity index (χ1) is 11.9. The zero-order valence-electron chi connectivity index (χ0n) is 14.9. The third-order valence-corrected chi connectivity index (χ3v) is 4.49. The highest BCUT2D eigenvalue weighted by Gasteiger charge is 2.20. The van der Waals surface area contributed by atoms with Crippen molar-refractivity contribution in [1.29, 1.82) is 0 Å². The van der Waals surface area contributed by atoms with Gasteiger partial charge < -0.3 is 18.9 Å². The van der Waals surface area contributed by atoms with Crippen molar-refractivity contribution < 1.29 is 18.9 Å². The SMILES string of the molecule is Cl.c1ccc2c(c1)OCC(COCCCCCCN1CCOCC1)O2. The molecule has 0 saturated carbocycles. The lowest BCUT2D eigenvalue weighted by molar-refractivity contribution is 0.00766. The van der Waals surface area contributed by atoms with Crippen molar-refractivity contribution >= 4 is 12.4 Å². The van der Waals surface area contributed by atoms with E-state index in [2.05, 4.69) is 4.90 Å². The average Bonchev–Trinajstić information content (AvgIpc) is 2.64. The molecule has 2 aliphatic rings. The maximum absolute atomic E-state index is 5.88. The number of hydrogen-bond donors (Lipinski definition) is 0. The van der Waals surface area contributed by atoms with Gasteiger partial charge in [0.2, 0.25) is 0 Å². The molecule has 2 heterocycles. The van der Waals surface area contributed by atoms with Crippen molar-refractivity contribution in [2.75, 3.05) is 52.7 Å². The molecule has 142 valence electrons. The largest absolute Gasteiger partial charge is 0.486 e. The van der Waals surface area contributed by atoms with Crippen molar-refractivity contribution in [2.24, 2.45) is 0 Å². The van der Waals surface area contributed by atoms with Gasteiger partial charge in [0.25, 0.3) is 0 Å². The smallest absolute Gasteiger partial charge is 0.161 e. The van der Waals surface area contributed by atoms with E-state index in [1.54, 1.807) is 0 Å². The maximum Gasteiger partial charge on any atom is 0.161 e. The Bertz CT molecular complexity index is 482. The van der Waals surface area contributed by atoms with Gasteiger partial charge in [-0.15, -0.1) is 12.4 Å². The lowest BCUT2D eigenvalue weighted by atomic mass is 10.2. The molecule has 3 rings (SSSR count). The van der Waals surface area contributed by atoms with Gasteiger partial charge in [-0.3, -0.25) is 4.90 Å². The molecule has 0 aromatic heterocycles. The summed E-state index contributed by atoms with van der Waals surface area (Å²) in [4.78, 5) is 2.50. The van der Waals surface area contributed by atoms with E-state index in [9.17, 15) is 0 Å². The summed E-state index contributed by atoms with van der Waals surface area (Å²) in [6.45, 7) is 7.15. The molecule has 0 radical (unpaired) electrons. The number of hydrogen-bond acceptors (Lipinski definition) is 5. The van der Waals surface area contributed by atoms with Gasteiger partial charge in [0, 0.05) is 19.7 Å². The van der Waals surface area contributed by atoms with Crippen LogP contribution in [0.15, 0.2) is 24.3 Å². The van der Waals surface area contributed by atoms with E-state index in [-0.39, 0.29) is 18.5 Å². The van der Waals surface area contributed by atoms with Gasteiger partial charge in [0.15, 0.2) is 17.6 Å². The van der Waals surface area contributed by atoms with Crippen molar-refractivity contribution in [2.45, 2.75) is 31.8 Å². The summed E-state index contributed by atoms with van der Waals surface area (Å²) in [6, 6.07) is 7.79. The van der Waals surface area contributed by atoms with Crippen LogP contribution in [0.4, 0.5) is 0 Å². The lowest BCUT2D eigenvalue weighted by Crippen LogP contribution is -2.36. The normalized spacial score (nSPS) is 20.1. The van der Waals surface area contributed by atoms with Crippen LogP contribution in [0.5, 0.6) is 11.5 Å². The number of nitrogens with zero attached hydrogens (tertiary/aromatic N) is 1. The van der Waals surface area contributed by atoms with Crippen LogP contribution in [0, 0.1) is 0 Å². The van der Waals surface area contributed by atoms with Gasteiger partial charge in [-0.2, -0.15) is 0 Å². The summed E-state index contributed by atoms with van der Waals surface area (Å²) < 4.78 is 22.7. The Morgan fingerprint density at radius 2 is 1.76 bits per heavy atom. The van der Waals surface area contributed by atoms with Gasteiger partial charge in [-0.1, -0.05) is 25.0 Å². The first-order valence-electron chi connectivity index (χ1n) is 9.18. The highest BCUT2D eigenvalue weighted by molar-refractivity contribution is 5.85. The number of para-hydroxylation sites is 2. The minimum atomic E-state index is 0. The number of benzene rings is 1. The summed E-state index contributed by atoms with van der Waals surface area (Å²) in [7, 11) is 0. The summed E-state index contributed by atoms with van der Waals surface area (Å²) >= 11 is 0. The molecule has 1 aromatic rings. The van der Waals surface area contributed by atoms with Crippen LogP contribution >= 0.6 is 12.4 Å². The molecular formula is C19H30ClNO4. The summed E-state index contributed by atoms with van der Waals surface area (Å²) in [5, 5.41) is 0. The zero-order chi connectivity index (χ0) is 16.5. The van der Waals surface area contributed by atoms with Gasteiger partial charge >= 0.3 is 0 Å². The Morgan fingerprint density at radius 1 is 1.00 bits per heavy atom. The van der Waals surface area contributed by atoms with Crippen LogP contribution in [0.25, 0.3) is 0 Å². The third-order valence-electron chi connectivity index (χ3n) is 4.49. The molecule has 1 saturated heterocycles. The van der Waals surface area contributed by atoms with Gasteiger partial charge in [0.1, 0.15) is 6.61 Å². The zero-order valence-corrected chi connectivity index (χ0v) is 15.7. The van der Waals surface area contributed by atoms with Crippen LogP contribution in [-0.2, 0) is 9.47 Å². The second-order valence-corrected chi connectivity index (χ2v) is 6.44. The van der Waals surface area contributed by atoms with E-state index < -0.39 is 0 Å². The molecule has 0 aliphatic carbocycles. The van der Waals surface area contributed by atoms with Crippen molar-refractivity contribution in [3.05, 3.63) is 24.3 Å². The van der Waals surface area contributed by atoms with E-state index >= 15 is 0 Å².